The summed E-state index contributed by atoms with van der Waals surface area (Å²) in [6.07, 6.45) is -3.45. The fourth-order valence-corrected chi connectivity index (χ4v) is 3.52. The number of hydrogen-bond donors (Lipinski definition) is 2. The highest BCUT2D eigenvalue weighted by Crippen LogP contribution is 2.44. The molecule has 1 atom stereocenters. The lowest BCUT2D eigenvalue weighted by molar-refractivity contribution is -0.143. The SMILES string of the molecule is CN(C(=O)OC(C)(C)C)C(NC(=O)OCC1c2ccccc2-c2ccccc21)C(=O)O. The van der Waals surface area contributed by atoms with Crippen molar-refractivity contribution < 1.29 is 29.0 Å². The molecule has 1 aliphatic carbocycles. The number of benzene rings is 2. The molecule has 8 heteroatoms. The van der Waals surface area contributed by atoms with Gasteiger partial charge in [0, 0.05) is 13.0 Å². The zero-order valence-electron chi connectivity index (χ0n) is 17.9. The fraction of sp³-hybridized carbons (Fsp3) is 0.348. The molecule has 3 rings (SSSR count). The van der Waals surface area contributed by atoms with Gasteiger partial charge in [0.2, 0.25) is 6.17 Å². The first kappa shape index (κ1) is 22.1. The molecule has 1 aliphatic rings. The summed E-state index contributed by atoms with van der Waals surface area (Å²) in [5.74, 6) is -1.58. The Bertz CT molecular complexity index is 952. The van der Waals surface area contributed by atoms with Crippen molar-refractivity contribution in [1.82, 2.24) is 10.2 Å². The zero-order valence-corrected chi connectivity index (χ0v) is 17.9. The van der Waals surface area contributed by atoms with Crippen LogP contribution in [0.4, 0.5) is 9.59 Å². The summed E-state index contributed by atoms with van der Waals surface area (Å²) in [4.78, 5) is 37.0. The highest BCUT2D eigenvalue weighted by Gasteiger charge is 2.33. The molecule has 0 bridgehead atoms. The number of amides is 2. The highest BCUT2D eigenvalue weighted by molar-refractivity contribution is 5.84. The van der Waals surface area contributed by atoms with Crippen molar-refractivity contribution in [1.29, 1.82) is 0 Å². The Labute approximate surface area is 180 Å². The first-order valence-corrected chi connectivity index (χ1v) is 9.88. The molecule has 0 aromatic heterocycles. The molecule has 2 aromatic carbocycles. The van der Waals surface area contributed by atoms with Gasteiger partial charge in [-0.25, -0.2) is 14.4 Å². The fourth-order valence-electron chi connectivity index (χ4n) is 3.52. The number of nitrogens with zero attached hydrogens (tertiary/aromatic N) is 1. The van der Waals surface area contributed by atoms with Crippen LogP contribution in [0, 0.1) is 0 Å². The summed E-state index contributed by atoms with van der Waals surface area (Å²) in [7, 11) is 1.23. The largest absolute Gasteiger partial charge is 0.478 e. The Morgan fingerprint density at radius 2 is 1.55 bits per heavy atom. The van der Waals surface area contributed by atoms with Crippen LogP contribution in [0.25, 0.3) is 11.1 Å². The van der Waals surface area contributed by atoms with Crippen molar-refractivity contribution in [3.63, 3.8) is 0 Å². The lowest BCUT2D eigenvalue weighted by atomic mass is 9.98. The maximum atomic E-state index is 12.4. The molecule has 31 heavy (non-hydrogen) atoms. The van der Waals surface area contributed by atoms with Crippen LogP contribution in [0.1, 0.15) is 37.8 Å². The maximum absolute atomic E-state index is 12.4. The van der Waals surface area contributed by atoms with E-state index in [1.165, 1.54) is 7.05 Å². The number of nitrogens with one attached hydrogen (secondary N) is 1. The van der Waals surface area contributed by atoms with Crippen LogP contribution >= 0.6 is 0 Å². The van der Waals surface area contributed by atoms with Gasteiger partial charge >= 0.3 is 18.2 Å². The minimum absolute atomic E-state index is 0.0301. The van der Waals surface area contributed by atoms with Crippen molar-refractivity contribution in [3.8, 4) is 11.1 Å². The molecule has 0 heterocycles. The Morgan fingerprint density at radius 1 is 1.03 bits per heavy atom. The molecule has 0 aliphatic heterocycles. The summed E-state index contributed by atoms with van der Waals surface area (Å²) in [5, 5.41) is 11.7. The van der Waals surface area contributed by atoms with Crippen LogP contribution in [0.5, 0.6) is 0 Å². The van der Waals surface area contributed by atoms with Crippen LogP contribution < -0.4 is 5.32 Å². The smallest absolute Gasteiger partial charge is 0.412 e. The van der Waals surface area contributed by atoms with Crippen LogP contribution in [-0.2, 0) is 14.3 Å². The number of alkyl carbamates (subject to hydrolysis) is 1. The molecule has 2 amide bonds. The average molecular weight is 426 g/mol. The monoisotopic (exact) mass is 426 g/mol. The highest BCUT2D eigenvalue weighted by atomic mass is 16.6. The molecular formula is C23H26N2O6. The lowest BCUT2D eigenvalue weighted by Crippen LogP contribution is -2.54. The summed E-state index contributed by atoms with van der Waals surface area (Å²) in [6.45, 7) is 5.01. The third-order valence-corrected chi connectivity index (χ3v) is 4.90. The van der Waals surface area contributed by atoms with E-state index < -0.39 is 29.9 Å². The van der Waals surface area contributed by atoms with Gasteiger partial charge in [0.15, 0.2) is 0 Å². The van der Waals surface area contributed by atoms with Gasteiger partial charge in [0.05, 0.1) is 0 Å². The molecule has 0 fully saturated rings. The summed E-state index contributed by atoms with van der Waals surface area (Å²) in [6, 6.07) is 15.8. The quantitative estimate of drug-likeness (QED) is 0.705. The second-order valence-electron chi connectivity index (χ2n) is 8.30. The molecular weight excluding hydrogens is 400 g/mol. The molecule has 0 radical (unpaired) electrons. The predicted molar refractivity (Wildman–Crippen MR) is 114 cm³/mol. The zero-order chi connectivity index (χ0) is 22.8. The van der Waals surface area contributed by atoms with Crippen molar-refractivity contribution >= 4 is 18.2 Å². The van der Waals surface area contributed by atoms with E-state index in [1.807, 2.05) is 48.5 Å². The van der Waals surface area contributed by atoms with Crippen LogP contribution in [-0.4, -0.2) is 53.6 Å². The van der Waals surface area contributed by atoms with Gasteiger partial charge in [0.25, 0.3) is 0 Å². The van der Waals surface area contributed by atoms with E-state index in [1.54, 1.807) is 20.8 Å². The van der Waals surface area contributed by atoms with E-state index in [0.717, 1.165) is 27.2 Å². The number of likely N-dealkylation sites (N-methyl/N-ethyl adjacent to an activating group) is 1. The van der Waals surface area contributed by atoms with E-state index in [9.17, 15) is 19.5 Å². The molecule has 1 unspecified atom stereocenters. The predicted octanol–water partition coefficient (Wildman–Crippen LogP) is 3.80. The van der Waals surface area contributed by atoms with Crippen molar-refractivity contribution in [2.75, 3.05) is 13.7 Å². The van der Waals surface area contributed by atoms with Gasteiger partial charge in [-0.3, -0.25) is 10.2 Å². The van der Waals surface area contributed by atoms with Crippen LogP contribution in [0.2, 0.25) is 0 Å². The summed E-state index contributed by atoms with van der Waals surface area (Å²) in [5.41, 5.74) is 3.44. The Morgan fingerprint density at radius 3 is 2.03 bits per heavy atom. The van der Waals surface area contributed by atoms with Crippen molar-refractivity contribution in [3.05, 3.63) is 59.7 Å². The number of carboxylic acid groups (broad SMARTS) is 1. The van der Waals surface area contributed by atoms with Gasteiger partial charge in [-0.05, 0) is 43.0 Å². The molecule has 164 valence electrons. The van der Waals surface area contributed by atoms with E-state index >= 15 is 0 Å². The maximum Gasteiger partial charge on any atom is 0.412 e. The van der Waals surface area contributed by atoms with E-state index in [4.69, 9.17) is 9.47 Å². The van der Waals surface area contributed by atoms with Crippen LogP contribution in [0.15, 0.2) is 48.5 Å². The van der Waals surface area contributed by atoms with Crippen LogP contribution in [0.3, 0.4) is 0 Å². The average Bonchev–Trinajstić information content (AvgIpc) is 3.02. The molecule has 0 spiro atoms. The normalized spacial score (nSPS) is 13.5. The van der Waals surface area contributed by atoms with Gasteiger partial charge in [-0.2, -0.15) is 0 Å². The number of fused-ring (bicyclic) bond motifs is 3. The van der Waals surface area contributed by atoms with E-state index in [0.29, 0.717) is 0 Å². The number of ether oxygens (including phenoxy) is 2. The van der Waals surface area contributed by atoms with Gasteiger partial charge in [0.1, 0.15) is 12.2 Å². The van der Waals surface area contributed by atoms with Gasteiger partial charge in [-0.15, -0.1) is 0 Å². The van der Waals surface area contributed by atoms with Crippen molar-refractivity contribution in [2.24, 2.45) is 0 Å². The molecule has 2 aromatic rings. The first-order valence-electron chi connectivity index (χ1n) is 9.88. The van der Waals surface area contributed by atoms with E-state index in [2.05, 4.69) is 5.32 Å². The Hall–Kier alpha value is -3.55. The number of carbonyl (C=O) groups is 3. The van der Waals surface area contributed by atoms with Crippen molar-refractivity contribution in [2.45, 2.75) is 38.5 Å². The third-order valence-electron chi connectivity index (χ3n) is 4.90. The molecule has 2 N–H and O–H groups in total. The first-order chi connectivity index (χ1) is 14.6. The summed E-state index contributed by atoms with van der Waals surface area (Å²) < 4.78 is 10.5. The second kappa shape index (κ2) is 8.67. The molecule has 0 saturated carbocycles. The topological polar surface area (TPSA) is 105 Å². The third kappa shape index (κ3) is 4.96. The number of rotatable bonds is 5. The Balaban J connectivity index is 1.68. The Kier molecular flexibility index (Phi) is 6.19. The molecule has 0 saturated heterocycles. The van der Waals surface area contributed by atoms with Gasteiger partial charge in [-0.1, -0.05) is 48.5 Å². The summed E-state index contributed by atoms with van der Waals surface area (Å²) >= 11 is 0. The number of carbonyl (C=O) groups excluding carboxylic acids is 2. The minimum atomic E-state index is -1.63. The number of aliphatic carboxylic acids is 1. The lowest BCUT2D eigenvalue weighted by Gasteiger charge is -2.28. The standard InChI is InChI=1S/C23H26N2O6/c1-23(2,3)31-22(29)25(4)19(20(26)27)24-21(28)30-13-18-16-11-7-5-9-14(16)15-10-6-8-12-17(15)18/h5-12,18-19H,13H2,1-4H3,(H,24,28)(H,26,27). The minimum Gasteiger partial charge on any atom is -0.478 e. The second-order valence-corrected chi connectivity index (χ2v) is 8.30. The number of carboxylic acids is 1. The number of hydrogen-bond acceptors (Lipinski definition) is 5. The van der Waals surface area contributed by atoms with Gasteiger partial charge < -0.3 is 14.6 Å². The van der Waals surface area contributed by atoms with E-state index in [-0.39, 0.29) is 12.5 Å². The molecule has 8 nitrogen and oxygen atoms in total.